The molecule has 0 spiro atoms. The monoisotopic (exact) mass is 304 g/mol. The number of carbonyl (C=O) groups excluding carboxylic acids is 2. The molecule has 0 heterocycles. The number of carbonyl (C=O) groups is 2. The summed E-state index contributed by atoms with van der Waals surface area (Å²) in [7, 11) is 7.15. The molecule has 0 fully saturated rings. The fraction of sp³-hybridized carbons (Fsp3) is 0.412. The summed E-state index contributed by atoms with van der Waals surface area (Å²) in [6.07, 6.45) is 1.51. The normalized spacial score (nSPS) is 12.9. The zero-order chi connectivity index (χ0) is 16.7. The van der Waals surface area contributed by atoms with E-state index in [1.807, 2.05) is 44.4 Å². The van der Waals surface area contributed by atoms with Crippen molar-refractivity contribution in [3.63, 3.8) is 0 Å². The molecule has 0 radical (unpaired) electrons. The van der Waals surface area contributed by atoms with E-state index in [1.54, 1.807) is 30.8 Å². The van der Waals surface area contributed by atoms with Crippen LogP contribution in [-0.4, -0.2) is 56.3 Å². The van der Waals surface area contributed by atoms with Gasteiger partial charge in [0.2, 0.25) is 0 Å². The maximum Gasteiger partial charge on any atom is 0.343 e. The molecule has 1 rings (SSSR count). The van der Waals surface area contributed by atoms with Gasteiger partial charge < -0.3 is 9.64 Å². The average Bonchev–Trinajstić information content (AvgIpc) is 2.45. The first-order chi connectivity index (χ1) is 10.4. The predicted octanol–water partition coefficient (Wildman–Crippen LogP) is 1.87. The van der Waals surface area contributed by atoms with Crippen LogP contribution in [0.15, 0.2) is 42.1 Å². The lowest BCUT2D eigenvalue weighted by Gasteiger charge is -2.24. The van der Waals surface area contributed by atoms with Gasteiger partial charge >= 0.3 is 5.97 Å². The number of Topliss-reactive ketones (excluding diaryl/α,β-unsaturated/α-hetero) is 1. The summed E-state index contributed by atoms with van der Waals surface area (Å²) in [5.74, 6) is -0.868. The molecule has 0 saturated carbocycles. The minimum absolute atomic E-state index is 0.0504. The van der Waals surface area contributed by atoms with Crippen molar-refractivity contribution in [2.45, 2.75) is 13.0 Å². The smallest absolute Gasteiger partial charge is 0.343 e. The Kier molecular flexibility index (Phi) is 6.79. The maximum atomic E-state index is 12.9. The highest BCUT2D eigenvalue weighted by Crippen LogP contribution is 2.23. The lowest BCUT2D eigenvalue weighted by molar-refractivity contribution is -0.140. The molecule has 120 valence electrons. The van der Waals surface area contributed by atoms with Crippen molar-refractivity contribution in [3.05, 3.63) is 47.7 Å². The molecule has 22 heavy (non-hydrogen) atoms. The van der Waals surface area contributed by atoms with Crippen LogP contribution in [0.1, 0.15) is 18.5 Å². The molecule has 0 saturated heterocycles. The molecule has 1 unspecified atom stereocenters. The molecule has 5 nitrogen and oxygen atoms in total. The van der Waals surface area contributed by atoms with Gasteiger partial charge in [0.25, 0.3) is 0 Å². The lowest BCUT2D eigenvalue weighted by atomic mass is 9.96. The van der Waals surface area contributed by atoms with Gasteiger partial charge in [0, 0.05) is 20.3 Å². The van der Waals surface area contributed by atoms with E-state index in [1.165, 1.54) is 6.20 Å². The van der Waals surface area contributed by atoms with E-state index in [0.717, 1.165) is 5.56 Å². The highest BCUT2D eigenvalue weighted by atomic mass is 16.5. The summed E-state index contributed by atoms with van der Waals surface area (Å²) in [5.41, 5.74) is 0.890. The van der Waals surface area contributed by atoms with Crippen LogP contribution in [0.3, 0.4) is 0 Å². The molecule has 1 aromatic rings. The first kappa shape index (κ1) is 17.9. The Morgan fingerprint density at radius 1 is 1.14 bits per heavy atom. The number of hydrogen-bond donors (Lipinski definition) is 0. The molecule has 5 heteroatoms. The van der Waals surface area contributed by atoms with Crippen molar-refractivity contribution in [2.24, 2.45) is 0 Å². The molecular weight excluding hydrogens is 280 g/mol. The van der Waals surface area contributed by atoms with Crippen molar-refractivity contribution in [1.29, 1.82) is 0 Å². The number of hydrogen-bond acceptors (Lipinski definition) is 5. The second-order valence-electron chi connectivity index (χ2n) is 5.37. The summed E-state index contributed by atoms with van der Waals surface area (Å²) in [6, 6.07) is 8.86. The fourth-order valence-electron chi connectivity index (χ4n) is 2.15. The van der Waals surface area contributed by atoms with Gasteiger partial charge in [0.05, 0.1) is 12.6 Å². The topological polar surface area (TPSA) is 49.9 Å². The van der Waals surface area contributed by atoms with E-state index in [-0.39, 0.29) is 18.0 Å². The first-order valence-electron chi connectivity index (χ1n) is 7.19. The molecule has 1 aromatic carbocycles. The summed E-state index contributed by atoms with van der Waals surface area (Å²) >= 11 is 0. The van der Waals surface area contributed by atoms with Crippen LogP contribution in [-0.2, 0) is 14.3 Å². The van der Waals surface area contributed by atoms with Gasteiger partial charge in [-0.1, -0.05) is 30.3 Å². The van der Waals surface area contributed by atoms with Crippen LogP contribution in [0.25, 0.3) is 0 Å². The molecule has 0 amide bonds. The molecule has 0 N–H and O–H groups in total. The molecule has 0 aliphatic rings. The number of nitrogens with zero attached hydrogens (tertiary/aromatic N) is 2. The first-order valence-corrected chi connectivity index (χ1v) is 7.19. The Hall–Kier alpha value is -2.14. The van der Waals surface area contributed by atoms with Gasteiger partial charge in [-0.3, -0.25) is 9.69 Å². The minimum Gasteiger partial charge on any atom is -0.462 e. The van der Waals surface area contributed by atoms with E-state index in [2.05, 4.69) is 0 Å². The highest BCUT2D eigenvalue weighted by Gasteiger charge is 2.30. The van der Waals surface area contributed by atoms with E-state index in [4.69, 9.17) is 4.74 Å². The fourth-order valence-corrected chi connectivity index (χ4v) is 2.15. The van der Waals surface area contributed by atoms with E-state index in [0.29, 0.717) is 0 Å². The van der Waals surface area contributed by atoms with Crippen LogP contribution >= 0.6 is 0 Å². The third-order valence-corrected chi connectivity index (χ3v) is 3.03. The van der Waals surface area contributed by atoms with E-state index in [9.17, 15) is 9.59 Å². The SMILES string of the molecule is CCOC(=O)C(=CN(C)C)C(=O)C(c1ccccc1)N(C)C. The van der Waals surface area contributed by atoms with Gasteiger partial charge in [0.15, 0.2) is 5.78 Å². The minimum atomic E-state index is -0.594. The van der Waals surface area contributed by atoms with E-state index >= 15 is 0 Å². The lowest BCUT2D eigenvalue weighted by Crippen LogP contribution is -2.32. The number of benzene rings is 1. The molecule has 0 aliphatic heterocycles. The van der Waals surface area contributed by atoms with Crippen LogP contribution in [0, 0.1) is 0 Å². The third-order valence-electron chi connectivity index (χ3n) is 3.03. The summed E-state index contributed by atoms with van der Waals surface area (Å²) in [4.78, 5) is 28.5. The molecule has 0 bridgehead atoms. The molecule has 0 aliphatic carbocycles. The zero-order valence-electron chi connectivity index (χ0n) is 13.9. The average molecular weight is 304 g/mol. The predicted molar refractivity (Wildman–Crippen MR) is 86.3 cm³/mol. The van der Waals surface area contributed by atoms with E-state index < -0.39 is 12.0 Å². The van der Waals surface area contributed by atoms with Crippen LogP contribution < -0.4 is 0 Å². The number of likely N-dealkylation sites (N-methyl/N-ethyl adjacent to an activating group) is 1. The van der Waals surface area contributed by atoms with Crippen LogP contribution in [0.2, 0.25) is 0 Å². The van der Waals surface area contributed by atoms with Crippen molar-refractivity contribution in [1.82, 2.24) is 9.80 Å². The number of ketones is 1. The van der Waals surface area contributed by atoms with Crippen LogP contribution in [0.5, 0.6) is 0 Å². The Balaban J connectivity index is 3.22. The Bertz CT molecular complexity index is 536. The van der Waals surface area contributed by atoms with Crippen LogP contribution in [0.4, 0.5) is 0 Å². The van der Waals surface area contributed by atoms with Gasteiger partial charge in [-0.25, -0.2) is 4.79 Å². The maximum absolute atomic E-state index is 12.9. The number of ether oxygens (including phenoxy) is 1. The number of esters is 1. The Morgan fingerprint density at radius 3 is 2.18 bits per heavy atom. The van der Waals surface area contributed by atoms with Gasteiger partial charge in [-0.05, 0) is 26.6 Å². The summed E-state index contributed by atoms with van der Waals surface area (Å²) < 4.78 is 5.02. The second kappa shape index (κ2) is 8.34. The number of rotatable bonds is 7. The van der Waals surface area contributed by atoms with Gasteiger partial charge in [-0.2, -0.15) is 0 Å². The quantitative estimate of drug-likeness (QED) is 0.333. The molecule has 1 atom stereocenters. The van der Waals surface area contributed by atoms with Gasteiger partial charge in [0.1, 0.15) is 5.57 Å². The largest absolute Gasteiger partial charge is 0.462 e. The highest BCUT2D eigenvalue weighted by molar-refractivity contribution is 6.19. The molecule has 0 aromatic heterocycles. The Labute approximate surface area is 132 Å². The third kappa shape index (κ3) is 4.70. The van der Waals surface area contributed by atoms with Crippen molar-refractivity contribution >= 4 is 11.8 Å². The summed E-state index contributed by atoms with van der Waals surface area (Å²) in [5, 5.41) is 0. The van der Waals surface area contributed by atoms with Crippen molar-refractivity contribution < 1.29 is 14.3 Å². The Morgan fingerprint density at radius 2 is 1.73 bits per heavy atom. The van der Waals surface area contributed by atoms with Gasteiger partial charge in [-0.15, -0.1) is 0 Å². The van der Waals surface area contributed by atoms with Crippen molar-refractivity contribution in [3.8, 4) is 0 Å². The second-order valence-corrected chi connectivity index (χ2v) is 5.37. The summed E-state index contributed by atoms with van der Waals surface area (Å²) in [6.45, 7) is 1.95. The molecular formula is C17H24N2O3. The van der Waals surface area contributed by atoms with Crippen molar-refractivity contribution in [2.75, 3.05) is 34.8 Å². The standard InChI is InChI=1S/C17H24N2O3/c1-6-22-17(21)14(12-18(2)3)16(20)15(19(4)5)13-10-8-7-9-11-13/h7-12,15H,6H2,1-5H3. The zero-order valence-corrected chi connectivity index (χ0v) is 13.9.